The fourth-order valence-electron chi connectivity index (χ4n) is 2.38. The normalized spacial score (nSPS) is 14.8. The molecule has 0 saturated carbocycles. The van der Waals surface area contributed by atoms with Crippen molar-refractivity contribution in [1.82, 2.24) is 4.90 Å². The summed E-state index contributed by atoms with van der Waals surface area (Å²) in [5, 5.41) is 9.37. The number of likely N-dealkylation sites (N-methyl/N-ethyl adjacent to an activating group) is 1. The second-order valence-corrected chi connectivity index (χ2v) is 5.79. The van der Waals surface area contributed by atoms with Crippen LogP contribution in [0.25, 0.3) is 0 Å². The van der Waals surface area contributed by atoms with Crippen LogP contribution in [0.2, 0.25) is 0 Å². The quantitative estimate of drug-likeness (QED) is 0.920. The van der Waals surface area contributed by atoms with Gasteiger partial charge in [0.25, 0.3) is 0 Å². The molecule has 0 aliphatic carbocycles. The topological polar surface area (TPSA) is 43.8 Å². The first-order valence-electron chi connectivity index (χ1n) is 6.50. The second kappa shape index (κ2) is 6.39. The zero-order valence-corrected chi connectivity index (χ0v) is 12.7. The molecule has 0 bridgehead atoms. The number of carbonyl (C=O) groups is 1. The van der Waals surface area contributed by atoms with E-state index in [-0.39, 0.29) is 12.5 Å². The third kappa shape index (κ3) is 3.48. The number of likely N-dealkylation sites (tertiary alicyclic amines) is 1. The van der Waals surface area contributed by atoms with Crippen LogP contribution in [0.5, 0.6) is 0 Å². The van der Waals surface area contributed by atoms with Gasteiger partial charge in [-0.05, 0) is 25.0 Å². The molecule has 1 N–H and O–H groups in total. The molecule has 1 aromatic carbocycles. The number of aliphatic hydroxyl groups is 1. The molecule has 0 radical (unpaired) electrons. The average Bonchev–Trinajstić information content (AvgIpc) is 2.92. The van der Waals surface area contributed by atoms with Gasteiger partial charge in [0.2, 0.25) is 5.91 Å². The van der Waals surface area contributed by atoms with Crippen molar-refractivity contribution in [1.29, 1.82) is 0 Å². The highest BCUT2D eigenvalue weighted by Gasteiger charge is 2.20. The molecule has 1 heterocycles. The molecule has 1 aliphatic rings. The number of hydrogen-bond donors (Lipinski definition) is 1. The van der Waals surface area contributed by atoms with E-state index in [9.17, 15) is 9.90 Å². The Morgan fingerprint density at radius 2 is 2.11 bits per heavy atom. The molecule has 4 nitrogen and oxygen atoms in total. The number of benzene rings is 1. The molecule has 1 aromatic rings. The lowest BCUT2D eigenvalue weighted by atomic mass is 10.1. The molecule has 1 aliphatic heterocycles. The van der Waals surface area contributed by atoms with Crippen molar-refractivity contribution in [2.24, 2.45) is 0 Å². The molecule has 19 heavy (non-hydrogen) atoms. The van der Waals surface area contributed by atoms with Gasteiger partial charge >= 0.3 is 0 Å². The molecule has 1 fully saturated rings. The Balaban J connectivity index is 2.08. The third-order valence-electron chi connectivity index (χ3n) is 3.46. The summed E-state index contributed by atoms with van der Waals surface area (Å²) in [5.74, 6) is 0.156. The first-order chi connectivity index (χ1) is 9.11. The van der Waals surface area contributed by atoms with E-state index in [4.69, 9.17) is 0 Å². The van der Waals surface area contributed by atoms with Gasteiger partial charge in [0, 0.05) is 35.9 Å². The lowest BCUT2D eigenvalue weighted by Gasteiger charge is -2.24. The summed E-state index contributed by atoms with van der Waals surface area (Å²) in [4.78, 5) is 15.9. The van der Waals surface area contributed by atoms with E-state index >= 15 is 0 Å². The van der Waals surface area contributed by atoms with E-state index in [1.807, 2.05) is 35.0 Å². The van der Waals surface area contributed by atoms with Gasteiger partial charge in [-0.1, -0.05) is 22.0 Å². The predicted octanol–water partition coefficient (Wildman–Crippen LogP) is 2.00. The van der Waals surface area contributed by atoms with Crippen LogP contribution in [0, 0.1) is 0 Å². The maximum Gasteiger partial charge on any atom is 0.242 e. The molecule has 0 aromatic heterocycles. The number of aliphatic hydroxyl groups excluding tert-OH is 1. The summed E-state index contributed by atoms with van der Waals surface area (Å²) in [6.07, 6.45) is 2.21. The summed E-state index contributed by atoms with van der Waals surface area (Å²) >= 11 is 3.42. The highest BCUT2D eigenvalue weighted by molar-refractivity contribution is 9.10. The molecule has 1 saturated heterocycles. The Labute approximate surface area is 122 Å². The number of hydrogen-bond acceptors (Lipinski definition) is 3. The lowest BCUT2D eigenvalue weighted by Crippen LogP contribution is -2.37. The maximum absolute atomic E-state index is 12.1. The Morgan fingerprint density at radius 1 is 1.42 bits per heavy atom. The SMILES string of the molecule is CN(CC(=O)N1CCCC1)c1cc(Br)ccc1CO. The molecule has 0 atom stereocenters. The number of carbonyl (C=O) groups excluding carboxylic acids is 1. The number of rotatable bonds is 4. The summed E-state index contributed by atoms with van der Waals surface area (Å²) in [7, 11) is 1.88. The fraction of sp³-hybridized carbons (Fsp3) is 0.500. The van der Waals surface area contributed by atoms with Crippen LogP contribution < -0.4 is 4.90 Å². The van der Waals surface area contributed by atoms with Crippen LogP contribution >= 0.6 is 15.9 Å². The fourth-order valence-corrected chi connectivity index (χ4v) is 2.73. The minimum Gasteiger partial charge on any atom is -0.392 e. The van der Waals surface area contributed by atoms with Crippen LogP contribution in [-0.4, -0.2) is 42.6 Å². The first-order valence-corrected chi connectivity index (χ1v) is 7.29. The molecule has 5 heteroatoms. The largest absolute Gasteiger partial charge is 0.392 e. The molecule has 104 valence electrons. The van der Waals surface area contributed by atoms with Gasteiger partial charge in [0.05, 0.1) is 13.2 Å². The van der Waals surface area contributed by atoms with E-state index in [1.54, 1.807) is 0 Å². The number of nitrogens with zero attached hydrogens (tertiary/aromatic N) is 2. The zero-order valence-electron chi connectivity index (χ0n) is 11.1. The van der Waals surface area contributed by atoms with Crippen molar-refractivity contribution in [3.05, 3.63) is 28.2 Å². The Bertz CT molecular complexity index is 459. The summed E-state index contributed by atoms with van der Waals surface area (Å²) in [6, 6.07) is 5.70. The zero-order chi connectivity index (χ0) is 13.8. The standard InChI is InChI=1S/C14H19BrN2O2/c1-16(9-14(19)17-6-2-3-7-17)13-8-12(15)5-4-11(13)10-18/h4-5,8,18H,2-3,6-7,9-10H2,1H3. The van der Waals surface area contributed by atoms with Gasteiger partial charge in [-0.2, -0.15) is 0 Å². The van der Waals surface area contributed by atoms with Crippen molar-refractivity contribution in [3.63, 3.8) is 0 Å². The van der Waals surface area contributed by atoms with Gasteiger partial charge in [0.15, 0.2) is 0 Å². The van der Waals surface area contributed by atoms with E-state index in [0.717, 1.165) is 41.7 Å². The molecular formula is C14H19BrN2O2. The van der Waals surface area contributed by atoms with Crippen molar-refractivity contribution < 1.29 is 9.90 Å². The number of amides is 1. The molecule has 2 rings (SSSR count). The minimum atomic E-state index is -0.0230. The number of halogens is 1. The minimum absolute atomic E-state index is 0.0230. The van der Waals surface area contributed by atoms with E-state index in [0.29, 0.717) is 6.54 Å². The highest BCUT2D eigenvalue weighted by atomic mass is 79.9. The third-order valence-corrected chi connectivity index (χ3v) is 3.95. The van der Waals surface area contributed by atoms with Gasteiger partial charge in [0.1, 0.15) is 0 Å². The van der Waals surface area contributed by atoms with Crippen LogP contribution in [0.3, 0.4) is 0 Å². The van der Waals surface area contributed by atoms with Crippen LogP contribution in [0.1, 0.15) is 18.4 Å². The first kappa shape index (κ1) is 14.3. The number of anilines is 1. The molecule has 1 amide bonds. The van der Waals surface area contributed by atoms with Crippen LogP contribution in [-0.2, 0) is 11.4 Å². The van der Waals surface area contributed by atoms with Crippen molar-refractivity contribution in [3.8, 4) is 0 Å². The van der Waals surface area contributed by atoms with Gasteiger partial charge in [-0.3, -0.25) is 4.79 Å². The van der Waals surface area contributed by atoms with Crippen molar-refractivity contribution in [2.45, 2.75) is 19.4 Å². The second-order valence-electron chi connectivity index (χ2n) is 4.88. The van der Waals surface area contributed by atoms with Crippen LogP contribution in [0.15, 0.2) is 22.7 Å². The van der Waals surface area contributed by atoms with E-state index in [2.05, 4.69) is 15.9 Å². The lowest BCUT2D eigenvalue weighted by molar-refractivity contribution is -0.128. The van der Waals surface area contributed by atoms with Crippen molar-refractivity contribution in [2.75, 3.05) is 31.6 Å². The highest BCUT2D eigenvalue weighted by Crippen LogP contribution is 2.24. The predicted molar refractivity (Wildman–Crippen MR) is 79.1 cm³/mol. The van der Waals surface area contributed by atoms with Crippen molar-refractivity contribution >= 4 is 27.5 Å². The van der Waals surface area contributed by atoms with Gasteiger partial charge < -0.3 is 14.9 Å². The maximum atomic E-state index is 12.1. The van der Waals surface area contributed by atoms with Crippen LogP contribution in [0.4, 0.5) is 5.69 Å². The van der Waals surface area contributed by atoms with E-state index in [1.165, 1.54) is 0 Å². The Morgan fingerprint density at radius 3 is 2.74 bits per heavy atom. The summed E-state index contributed by atoms with van der Waals surface area (Å²) < 4.78 is 0.945. The molecule has 0 unspecified atom stereocenters. The van der Waals surface area contributed by atoms with Gasteiger partial charge in [-0.25, -0.2) is 0 Å². The summed E-state index contributed by atoms with van der Waals surface area (Å²) in [5.41, 5.74) is 1.73. The smallest absolute Gasteiger partial charge is 0.242 e. The van der Waals surface area contributed by atoms with E-state index < -0.39 is 0 Å². The molecule has 0 spiro atoms. The summed E-state index contributed by atoms with van der Waals surface area (Å²) in [6.45, 7) is 2.07. The Hall–Kier alpha value is -1.07. The molecular weight excluding hydrogens is 308 g/mol. The average molecular weight is 327 g/mol. The van der Waals surface area contributed by atoms with Gasteiger partial charge in [-0.15, -0.1) is 0 Å². The monoisotopic (exact) mass is 326 g/mol. The Kier molecular flexibility index (Phi) is 4.82.